The third-order valence-electron chi connectivity index (χ3n) is 3.40. The summed E-state index contributed by atoms with van der Waals surface area (Å²) in [7, 11) is 0. The van der Waals surface area contributed by atoms with Crippen molar-refractivity contribution >= 4 is 11.6 Å². The molecular formula is C20H14N2. The van der Waals surface area contributed by atoms with E-state index in [0.717, 1.165) is 22.3 Å². The summed E-state index contributed by atoms with van der Waals surface area (Å²) in [6.07, 6.45) is 5.48. The average molecular weight is 282 g/mol. The van der Waals surface area contributed by atoms with Crippen LogP contribution in [0, 0.1) is 11.3 Å². The van der Waals surface area contributed by atoms with Gasteiger partial charge in [-0.15, -0.1) is 0 Å². The first kappa shape index (κ1) is 13.8. The topological polar surface area (TPSA) is 36.7 Å². The molecule has 0 atom stereocenters. The Kier molecular flexibility index (Phi) is 4.08. The van der Waals surface area contributed by atoms with Crippen molar-refractivity contribution < 1.29 is 0 Å². The molecule has 0 aliphatic carbocycles. The Labute approximate surface area is 130 Å². The van der Waals surface area contributed by atoms with Gasteiger partial charge in [0.2, 0.25) is 0 Å². The highest BCUT2D eigenvalue weighted by Gasteiger charge is 2.04. The molecule has 0 bridgehead atoms. The zero-order valence-electron chi connectivity index (χ0n) is 12.0. The number of aromatic nitrogens is 1. The first-order valence-corrected chi connectivity index (χ1v) is 7.04. The summed E-state index contributed by atoms with van der Waals surface area (Å²) in [4.78, 5) is 4.14. The number of nitrogens with zero attached hydrogens (tertiary/aromatic N) is 2. The van der Waals surface area contributed by atoms with Gasteiger partial charge < -0.3 is 0 Å². The van der Waals surface area contributed by atoms with Gasteiger partial charge in [-0.3, -0.25) is 4.98 Å². The predicted molar refractivity (Wildman–Crippen MR) is 89.6 cm³/mol. The van der Waals surface area contributed by atoms with E-state index >= 15 is 0 Å². The lowest BCUT2D eigenvalue weighted by atomic mass is 9.99. The lowest BCUT2D eigenvalue weighted by molar-refractivity contribution is 1.33. The summed E-state index contributed by atoms with van der Waals surface area (Å²) < 4.78 is 0. The largest absolute Gasteiger partial charge is 0.264 e. The Morgan fingerprint density at radius 2 is 1.73 bits per heavy atom. The molecule has 2 aromatic carbocycles. The Morgan fingerprint density at radius 1 is 0.909 bits per heavy atom. The second-order valence-electron chi connectivity index (χ2n) is 4.90. The van der Waals surface area contributed by atoms with Crippen LogP contribution < -0.4 is 0 Å². The highest BCUT2D eigenvalue weighted by atomic mass is 14.6. The molecule has 0 saturated carbocycles. The molecule has 1 heterocycles. The van der Waals surface area contributed by atoms with Crippen molar-refractivity contribution in [3.63, 3.8) is 0 Å². The van der Waals surface area contributed by atoms with E-state index in [1.807, 2.05) is 79.0 Å². The predicted octanol–water partition coefficient (Wildman–Crippen LogP) is 4.81. The zero-order valence-corrected chi connectivity index (χ0v) is 12.0. The van der Waals surface area contributed by atoms with Crippen LogP contribution in [0.15, 0.2) is 79.1 Å². The van der Waals surface area contributed by atoms with Gasteiger partial charge in [-0.1, -0.05) is 54.6 Å². The first-order chi connectivity index (χ1) is 10.9. The monoisotopic (exact) mass is 282 g/mol. The van der Waals surface area contributed by atoms with Gasteiger partial charge in [0.15, 0.2) is 0 Å². The van der Waals surface area contributed by atoms with E-state index in [1.165, 1.54) is 0 Å². The zero-order chi connectivity index (χ0) is 15.2. The van der Waals surface area contributed by atoms with Gasteiger partial charge in [0.05, 0.1) is 11.6 Å². The molecule has 0 fully saturated rings. The van der Waals surface area contributed by atoms with Crippen LogP contribution in [0.4, 0.5) is 0 Å². The van der Waals surface area contributed by atoms with E-state index in [9.17, 15) is 5.26 Å². The first-order valence-electron chi connectivity index (χ1n) is 7.04. The molecule has 0 spiro atoms. The summed E-state index contributed by atoms with van der Waals surface area (Å²) in [5.41, 5.74) is 4.68. The van der Waals surface area contributed by atoms with Crippen molar-refractivity contribution in [2.24, 2.45) is 0 Å². The fraction of sp³-hybridized carbons (Fsp3) is 0. The van der Waals surface area contributed by atoms with E-state index in [1.54, 1.807) is 6.20 Å². The minimum Gasteiger partial charge on any atom is -0.264 e. The van der Waals surface area contributed by atoms with Crippen LogP contribution >= 0.6 is 0 Å². The van der Waals surface area contributed by atoms with Crippen molar-refractivity contribution in [1.82, 2.24) is 4.98 Å². The van der Waals surface area contributed by atoms with Crippen LogP contribution in [-0.2, 0) is 0 Å². The Bertz CT molecular complexity index is 828. The van der Waals surface area contributed by atoms with Crippen LogP contribution in [0.25, 0.3) is 22.8 Å². The van der Waals surface area contributed by atoms with Gasteiger partial charge >= 0.3 is 0 Å². The van der Waals surface area contributed by atoms with Crippen molar-refractivity contribution in [3.8, 4) is 17.2 Å². The second-order valence-corrected chi connectivity index (χ2v) is 4.90. The molecule has 0 N–H and O–H groups in total. The fourth-order valence-corrected chi connectivity index (χ4v) is 2.30. The van der Waals surface area contributed by atoms with Crippen molar-refractivity contribution in [2.75, 3.05) is 0 Å². The average Bonchev–Trinajstić information content (AvgIpc) is 2.61. The maximum absolute atomic E-state index is 9.47. The molecule has 0 unspecified atom stereocenters. The minimum absolute atomic E-state index is 0.650. The van der Waals surface area contributed by atoms with Gasteiger partial charge in [0.25, 0.3) is 0 Å². The molecule has 0 amide bonds. The molecule has 3 aromatic rings. The number of hydrogen-bond donors (Lipinski definition) is 0. The molecule has 0 saturated heterocycles. The summed E-state index contributed by atoms with van der Waals surface area (Å²) in [5, 5.41) is 9.47. The minimum atomic E-state index is 0.650. The number of hydrogen-bond acceptors (Lipinski definition) is 2. The maximum Gasteiger partial charge on any atom is 0.0998 e. The fourth-order valence-electron chi connectivity index (χ4n) is 2.30. The molecule has 22 heavy (non-hydrogen) atoms. The van der Waals surface area contributed by atoms with Crippen LogP contribution in [0.3, 0.4) is 0 Å². The summed E-state index contributed by atoms with van der Waals surface area (Å²) >= 11 is 0. The Balaban J connectivity index is 2.01. The van der Waals surface area contributed by atoms with E-state index in [-0.39, 0.29) is 0 Å². The third-order valence-corrected chi connectivity index (χ3v) is 3.40. The van der Waals surface area contributed by atoms with Gasteiger partial charge in [-0.05, 0) is 34.9 Å². The number of pyridine rings is 1. The van der Waals surface area contributed by atoms with E-state index in [4.69, 9.17) is 0 Å². The third kappa shape index (κ3) is 3.11. The highest BCUT2D eigenvalue weighted by Crippen LogP contribution is 2.24. The molecule has 3 rings (SSSR count). The second kappa shape index (κ2) is 6.51. The molecule has 0 aliphatic rings. The summed E-state index contributed by atoms with van der Waals surface area (Å²) in [6, 6.07) is 24.1. The van der Waals surface area contributed by atoms with Gasteiger partial charge in [-0.25, -0.2) is 0 Å². The van der Waals surface area contributed by atoms with Crippen LogP contribution in [-0.4, -0.2) is 4.98 Å². The lowest BCUT2D eigenvalue weighted by Crippen LogP contribution is -1.85. The van der Waals surface area contributed by atoms with Gasteiger partial charge in [0.1, 0.15) is 0 Å². The number of rotatable bonds is 3. The van der Waals surface area contributed by atoms with Crippen molar-refractivity contribution in [3.05, 3.63) is 90.3 Å². The Morgan fingerprint density at radius 3 is 2.45 bits per heavy atom. The van der Waals surface area contributed by atoms with Crippen LogP contribution in [0.1, 0.15) is 11.1 Å². The molecular weight excluding hydrogens is 268 g/mol. The molecule has 104 valence electrons. The smallest absolute Gasteiger partial charge is 0.0998 e. The maximum atomic E-state index is 9.47. The van der Waals surface area contributed by atoms with Gasteiger partial charge in [0, 0.05) is 18.0 Å². The molecule has 2 nitrogen and oxygen atoms in total. The molecule has 2 heteroatoms. The summed E-state index contributed by atoms with van der Waals surface area (Å²) in [5.74, 6) is 0. The van der Waals surface area contributed by atoms with Crippen molar-refractivity contribution in [2.45, 2.75) is 0 Å². The number of benzene rings is 2. The standard InChI is InChI=1S/C20H14N2/c21-14-20(12-16-6-2-1-3-7-16)18-9-4-8-17(13-18)19-10-5-11-22-15-19/h1-13,15H/b20-12+. The molecule has 1 aromatic heterocycles. The lowest BCUT2D eigenvalue weighted by Gasteiger charge is -2.05. The normalized spacial score (nSPS) is 11.0. The number of nitriles is 1. The van der Waals surface area contributed by atoms with Crippen LogP contribution in [0.2, 0.25) is 0 Å². The quantitative estimate of drug-likeness (QED) is 0.510. The SMILES string of the molecule is N#C/C(=C\c1ccccc1)c1cccc(-c2cccnc2)c1. The molecule has 0 radical (unpaired) electrons. The van der Waals surface area contributed by atoms with E-state index in [2.05, 4.69) is 11.1 Å². The van der Waals surface area contributed by atoms with Crippen molar-refractivity contribution in [1.29, 1.82) is 5.26 Å². The van der Waals surface area contributed by atoms with Gasteiger partial charge in [-0.2, -0.15) is 5.26 Å². The van der Waals surface area contributed by atoms with Crippen LogP contribution in [0.5, 0.6) is 0 Å². The Hall–Kier alpha value is -3.18. The molecule has 0 aliphatic heterocycles. The van der Waals surface area contributed by atoms with E-state index < -0.39 is 0 Å². The van der Waals surface area contributed by atoms with E-state index in [0.29, 0.717) is 5.57 Å². The number of allylic oxidation sites excluding steroid dienone is 1. The summed E-state index contributed by atoms with van der Waals surface area (Å²) in [6.45, 7) is 0. The highest BCUT2D eigenvalue weighted by molar-refractivity contribution is 5.90.